The fourth-order valence-electron chi connectivity index (χ4n) is 2.23. The Kier molecular flexibility index (Phi) is 2.72. The van der Waals surface area contributed by atoms with Crippen molar-refractivity contribution in [2.24, 2.45) is 10.7 Å². The summed E-state index contributed by atoms with van der Waals surface area (Å²) in [5, 5.41) is 0.101. The predicted molar refractivity (Wildman–Crippen MR) is 75.7 cm³/mol. The van der Waals surface area contributed by atoms with E-state index < -0.39 is 17.7 Å². The Balaban J connectivity index is 2.25. The van der Waals surface area contributed by atoms with Gasteiger partial charge in [-0.3, -0.25) is 14.4 Å². The Morgan fingerprint density at radius 2 is 2.00 bits per heavy atom. The molecule has 1 aromatic rings. The molecule has 0 fully saturated rings. The standard InChI is InChI=1S/C13H9N3O3S/c1-6(17)16-8-5-3-2-4-7(8)9(12(16)19)10-11(18)15-13(14)20-10/h2-5H,1H3,(H2,14,15,18)/b10-9+. The second kappa shape index (κ2) is 4.31. The number of hydrogen-bond donors (Lipinski definition) is 1. The maximum atomic E-state index is 12.4. The van der Waals surface area contributed by atoms with Gasteiger partial charge in [-0.05, 0) is 17.8 Å². The summed E-state index contributed by atoms with van der Waals surface area (Å²) in [4.78, 5) is 40.7. The summed E-state index contributed by atoms with van der Waals surface area (Å²) >= 11 is 0.951. The molecule has 20 heavy (non-hydrogen) atoms. The minimum Gasteiger partial charge on any atom is -0.378 e. The first kappa shape index (κ1) is 12.6. The quantitative estimate of drug-likeness (QED) is 0.715. The van der Waals surface area contributed by atoms with E-state index in [4.69, 9.17) is 5.73 Å². The summed E-state index contributed by atoms with van der Waals surface area (Å²) in [6, 6.07) is 6.83. The third-order valence-electron chi connectivity index (χ3n) is 2.99. The topological polar surface area (TPSA) is 92.8 Å². The minimum absolute atomic E-state index is 0.101. The van der Waals surface area contributed by atoms with Crippen LogP contribution in [0.1, 0.15) is 12.5 Å². The lowest BCUT2D eigenvalue weighted by molar-refractivity contribution is -0.122. The van der Waals surface area contributed by atoms with Gasteiger partial charge in [-0.2, -0.15) is 4.99 Å². The van der Waals surface area contributed by atoms with Crippen LogP contribution in [0.3, 0.4) is 0 Å². The van der Waals surface area contributed by atoms with E-state index in [9.17, 15) is 14.4 Å². The SMILES string of the molecule is CC(=O)N1C(=O)/C(=C2/SC(N)=NC2=O)c2ccccc21. The number of thioether (sulfide) groups is 1. The number of hydrogen-bond acceptors (Lipinski definition) is 5. The van der Waals surface area contributed by atoms with E-state index in [0.717, 1.165) is 16.7 Å². The Morgan fingerprint density at radius 1 is 1.30 bits per heavy atom. The summed E-state index contributed by atoms with van der Waals surface area (Å²) in [7, 11) is 0. The van der Waals surface area contributed by atoms with Crippen LogP contribution < -0.4 is 10.6 Å². The monoisotopic (exact) mass is 287 g/mol. The highest BCUT2D eigenvalue weighted by atomic mass is 32.2. The zero-order valence-corrected chi connectivity index (χ0v) is 11.2. The molecule has 7 heteroatoms. The third kappa shape index (κ3) is 1.67. The van der Waals surface area contributed by atoms with Crippen LogP contribution in [0.15, 0.2) is 34.2 Å². The second-order valence-electron chi connectivity index (χ2n) is 4.24. The van der Waals surface area contributed by atoms with Gasteiger partial charge in [-0.25, -0.2) is 4.90 Å². The number of aliphatic imine (C=N–C) groups is 1. The van der Waals surface area contributed by atoms with Crippen LogP contribution in [0.2, 0.25) is 0 Å². The number of fused-ring (bicyclic) bond motifs is 1. The fourth-order valence-corrected chi connectivity index (χ4v) is 3.00. The first-order valence-corrected chi connectivity index (χ1v) is 6.57. The van der Waals surface area contributed by atoms with Gasteiger partial charge in [0.15, 0.2) is 5.17 Å². The highest BCUT2D eigenvalue weighted by Gasteiger charge is 2.39. The number of rotatable bonds is 0. The number of carbonyl (C=O) groups is 3. The Labute approximate surface area is 118 Å². The average Bonchev–Trinajstić information content (AvgIpc) is 2.85. The number of amidine groups is 1. The molecule has 6 nitrogen and oxygen atoms in total. The molecule has 2 aliphatic rings. The van der Waals surface area contributed by atoms with Crippen molar-refractivity contribution in [1.29, 1.82) is 0 Å². The molecule has 0 atom stereocenters. The van der Waals surface area contributed by atoms with Crippen molar-refractivity contribution >= 4 is 45.9 Å². The van der Waals surface area contributed by atoms with Crippen molar-refractivity contribution in [1.82, 2.24) is 0 Å². The van der Waals surface area contributed by atoms with Crippen molar-refractivity contribution in [2.75, 3.05) is 4.90 Å². The van der Waals surface area contributed by atoms with E-state index in [1.807, 2.05) is 0 Å². The number of amides is 3. The molecule has 2 aliphatic heterocycles. The molecule has 3 rings (SSSR count). The van der Waals surface area contributed by atoms with E-state index in [1.54, 1.807) is 24.3 Å². The zero-order valence-electron chi connectivity index (χ0n) is 10.4. The Hall–Kier alpha value is -2.41. The fraction of sp³-hybridized carbons (Fsp3) is 0.0769. The molecular formula is C13H9N3O3S. The lowest BCUT2D eigenvalue weighted by Crippen LogP contribution is -2.31. The first-order valence-electron chi connectivity index (χ1n) is 5.75. The Morgan fingerprint density at radius 3 is 2.60 bits per heavy atom. The van der Waals surface area contributed by atoms with Gasteiger partial charge in [-0.1, -0.05) is 18.2 Å². The smallest absolute Gasteiger partial charge is 0.287 e. The molecule has 0 aliphatic carbocycles. The van der Waals surface area contributed by atoms with Crippen LogP contribution >= 0.6 is 11.8 Å². The van der Waals surface area contributed by atoms with Crippen molar-refractivity contribution < 1.29 is 14.4 Å². The number of nitrogens with zero attached hydrogens (tertiary/aromatic N) is 2. The Bertz CT molecular complexity index is 736. The molecule has 0 bridgehead atoms. The molecular weight excluding hydrogens is 278 g/mol. The summed E-state index contributed by atoms with van der Waals surface area (Å²) in [5.41, 5.74) is 6.73. The molecule has 2 heterocycles. The predicted octanol–water partition coefficient (Wildman–Crippen LogP) is 0.879. The summed E-state index contributed by atoms with van der Waals surface area (Å²) < 4.78 is 0. The van der Waals surface area contributed by atoms with Crippen molar-refractivity contribution in [3.8, 4) is 0 Å². The number of benzene rings is 1. The molecule has 100 valence electrons. The molecule has 2 N–H and O–H groups in total. The number of imide groups is 1. The summed E-state index contributed by atoms with van der Waals surface area (Å²) in [6.07, 6.45) is 0. The molecule has 3 amide bonds. The lowest BCUT2D eigenvalue weighted by atomic mass is 10.1. The van der Waals surface area contributed by atoms with Gasteiger partial charge in [0.05, 0.1) is 16.2 Å². The molecule has 1 aromatic carbocycles. The van der Waals surface area contributed by atoms with Crippen LogP contribution in [0.4, 0.5) is 5.69 Å². The summed E-state index contributed by atoms with van der Waals surface area (Å²) in [6.45, 7) is 1.30. The van der Waals surface area contributed by atoms with Gasteiger partial charge < -0.3 is 5.73 Å². The van der Waals surface area contributed by atoms with Crippen LogP contribution in [0.25, 0.3) is 5.57 Å². The average molecular weight is 287 g/mol. The molecule has 0 unspecified atom stereocenters. The van der Waals surface area contributed by atoms with Crippen LogP contribution in [0.5, 0.6) is 0 Å². The zero-order chi connectivity index (χ0) is 14.4. The van der Waals surface area contributed by atoms with Gasteiger partial charge in [0.2, 0.25) is 5.91 Å². The number of carbonyl (C=O) groups excluding carboxylic acids is 3. The normalized spacial score (nSPS) is 21.2. The second-order valence-corrected chi connectivity index (χ2v) is 5.27. The van der Waals surface area contributed by atoms with E-state index in [-0.39, 0.29) is 15.6 Å². The van der Waals surface area contributed by atoms with E-state index in [2.05, 4.69) is 4.99 Å². The largest absolute Gasteiger partial charge is 0.378 e. The number of anilines is 1. The molecule has 0 radical (unpaired) electrons. The minimum atomic E-state index is -0.545. The van der Waals surface area contributed by atoms with Crippen molar-refractivity contribution in [3.63, 3.8) is 0 Å². The van der Waals surface area contributed by atoms with Crippen LogP contribution in [0, 0.1) is 0 Å². The summed E-state index contributed by atoms with van der Waals surface area (Å²) in [5.74, 6) is -1.46. The lowest BCUT2D eigenvalue weighted by Gasteiger charge is -2.11. The van der Waals surface area contributed by atoms with Gasteiger partial charge in [0, 0.05) is 12.5 Å². The van der Waals surface area contributed by atoms with Gasteiger partial charge >= 0.3 is 0 Å². The van der Waals surface area contributed by atoms with E-state index in [0.29, 0.717) is 11.3 Å². The van der Waals surface area contributed by atoms with Gasteiger partial charge in [-0.15, -0.1) is 0 Å². The van der Waals surface area contributed by atoms with Gasteiger partial charge in [0.25, 0.3) is 11.8 Å². The van der Waals surface area contributed by atoms with E-state index in [1.165, 1.54) is 6.92 Å². The highest BCUT2D eigenvalue weighted by Crippen LogP contribution is 2.42. The van der Waals surface area contributed by atoms with Crippen molar-refractivity contribution in [2.45, 2.75) is 6.92 Å². The molecule has 0 aromatic heterocycles. The number of para-hydroxylation sites is 1. The molecule has 0 saturated carbocycles. The molecule has 0 saturated heterocycles. The van der Waals surface area contributed by atoms with Crippen molar-refractivity contribution in [3.05, 3.63) is 34.7 Å². The van der Waals surface area contributed by atoms with Crippen LogP contribution in [-0.4, -0.2) is 22.9 Å². The number of nitrogens with two attached hydrogens (primary N) is 1. The molecule has 0 spiro atoms. The van der Waals surface area contributed by atoms with E-state index >= 15 is 0 Å². The maximum Gasteiger partial charge on any atom is 0.287 e. The third-order valence-corrected chi connectivity index (χ3v) is 3.87. The maximum absolute atomic E-state index is 12.4. The van der Waals surface area contributed by atoms with Crippen LogP contribution in [-0.2, 0) is 14.4 Å². The highest BCUT2D eigenvalue weighted by molar-refractivity contribution is 8.18. The first-order chi connectivity index (χ1) is 9.50. The van der Waals surface area contributed by atoms with Gasteiger partial charge in [0.1, 0.15) is 0 Å².